The molecule has 0 unspecified atom stereocenters. The molecule has 0 aliphatic carbocycles. The van der Waals surface area contributed by atoms with E-state index in [2.05, 4.69) is 21.0 Å². The second-order valence-corrected chi connectivity index (χ2v) is 7.89. The summed E-state index contributed by atoms with van der Waals surface area (Å²) in [7, 11) is 0. The Morgan fingerprint density at radius 1 is 1.12 bits per heavy atom. The molecule has 3 aromatic carbocycles. The highest BCUT2D eigenvalue weighted by Crippen LogP contribution is 2.31. The fraction of sp³-hybridized carbons (Fsp3) is 0.0400. The van der Waals surface area contributed by atoms with Gasteiger partial charge in [-0.25, -0.2) is 4.79 Å². The normalized spacial score (nSPS) is 14.2. The van der Waals surface area contributed by atoms with Crippen molar-refractivity contribution in [1.29, 1.82) is 5.26 Å². The Labute approximate surface area is 198 Å². The first kappa shape index (κ1) is 22.0. The van der Waals surface area contributed by atoms with E-state index in [-0.39, 0.29) is 12.2 Å². The number of hydrogen-bond acceptors (Lipinski definition) is 5. The minimum absolute atomic E-state index is 0.0494. The van der Waals surface area contributed by atoms with Crippen LogP contribution in [0.5, 0.6) is 5.75 Å². The number of hydrogen-bond donors (Lipinski definition) is 1. The number of nitrogens with zero attached hydrogens (tertiary/aromatic N) is 3. The van der Waals surface area contributed by atoms with Crippen molar-refractivity contribution in [3.63, 3.8) is 0 Å². The standard InChI is InChI=1S/C25H16BrN3O4/c26-19-9-10-22(33-12-11-27)18(13-19)15-21-23(16-5-2-1-3-6-16)28-29(24(21)30)20-8-4-7-17(14-20)25(31)32/h1-10,13-15H,12H2,(H,31,32)/b21-15-. The molecule has 3 aromatic rings. The molecule has 0 fully saturated rings. The van der Waals surface area contributed by atoms with Crippen LogP contribution in [-0.2, 0) is 4.79 Å². The summed E-state index contributed by atoms with van der Waals surface area (Å²) in [5.74, 6) is -1.07. The van der Waals surface area contributed by atoms with Crippen molar-refractivity contribution < 1.29 is 19.4 Å². The van der Waals surface area contributed by atoms with Crippen LogP contribution in [0.4, 0.5) is 5.69 Å². The highest BCUT2D eigenvalue weighted by Gasteiger charge is 2.32. The third kappa shape index (κ3) is 4.68. The van der Waals surface area contributed by atoms with Gasteiger partial charge in [0.1, 0.15) is 17.5 Å². The lowest BCUT2D eigenvalue weighted by atomic mass is 10.00. The molecule has 0 saturated carbocycles. The SMILES string of the molecule is N#CCOc1ccc(Br)cc1/C=C1\C(=O)N(c2cccc(C(=O)O)c2)N=C1c1ccccc1. The van der Waals surface area contributed by atoms with Gasteiger partial charge in [-0.05, 0) is 42.5 Å². The van der Waals surface area contributed by atoms with Crippen LogP contribution < -0.4 is 9.75 Å². The molecule has 0 aromatic heterocycles. The molecule has 1 N–H and O–H groups in total. The Morgan fingerprint density at radius 2 is 1.91 bits per heavy atom. The number of benzene rings is 3. The quantitative estimate of drug-likeness (QED) is 0.484. The molecule has 7 nitrogen and oxygen atoms in total. The predicted octanol–water partition coefficient (Wildman–Crippen LogP) is 4.88. The summed E-state index contributed by atoms with van der Waals surface area (Å²) in [5.41, 5.74) is 2.45. The van der Waals surface area contributed by atoms with Crippen molar-refractivity contribution in [1.82, 2.24) is 0 Å². The fourth-order valence-electron chi connectivity index (χ4n) is 3.33. The van der Waals surface area contributed by atoms with Gasteiger partial charge in [0.05, 0.1) is 16.8 Å². The third-order valence-electron chi connectivity index (χ3n) is 4.83. The first-order valence-corrected chi connectivity index (χ1v) is 10.6. The molecule has 1 amide bonds. The first-order valence-electron chi connectivity index (χ1n) is 9.81. The van der Waals surface area contributed by atoms with E-state index in [0.29, 0.717) is 28.3 Å². The summed E-state index contributed by atoms with van der Waals surface area (Å²) in [6.45, 7) is -0.139. The Morgan fingerprint density at radius 3 is 2.64 bits per heavy atom. The average Bonchev–Trinajstić information content (AvgIpc) is 3.15. The van der Waals surface area contributed by atoms with Crippen molar-refractivity contribution in [2.45, 2.75) is 0 Å². The summed E-state index contributed by atoms with van der Waals surface area (Å²) >= 11 is 3.43. The van der Waals surface area contributed by atoms with E-state index in [1.54, 1.807) is 36.4 Å². The number of nitriles is 1. The maximum Gasteiger partial charge on any atom is 0.335 e. The Bertz CT molecular complexity index is 1340. The van der Waals surface area contributed by atoms with Crippen LogP contribution in [0, 0.1) is 11.3 Å². The van der Waals surface area contributed by atoms with E-state index in [4.69, 9.17) is 10.00 Å². The number of amides is 1. The minimum atomic E-state index is -1.10. The predicted molar refractivity (Wildman–Crippen MR) is 127 cm³/mol. The number of carboxylic acid groups (broad SMARTS) is 1. The number of rotatable bonds is 6. The minimum Gasteiger partial charge on any atom is -0.478 e. The average molecular weight is 502 g/mol. The van der Waals surface area contributed by atoms with Crippen LogP contribution in [0.25, 0.3) is 6.08 Å². The highest BCUT2D eigenvalue weighted by atomic mass is 79.9. The third-order valence-corrected chi connectivity index (χ3v) is 5.32. The molecule has 1 aliphatic rings. The van der Waals surface area contributed by atoms with E-state index < -0.39 is 11.9 Å². The van der Waals surface area contributed by atoms with Crippen LogP contribution in [0.2, 0.25) is 0 Å². The first-order chi connectivity index (χ1) is 16.0. The summed E-state index contributed by atoms with van der Waals surface area (Å²) in [6, 6.07) is 22.5. The van der Waals surface area contributed by atoms with Gasteiger partial charge in [-0.1, -0.05) is 52.3 Å². The zero-order valence-electron chi connectivity index (χ0n) is 17.1. The summed E-state index contributed by atoms with van der Waals surface area (Å²) in [4.78, 5) is 24.9. The van der Waals surface area contributed by atoms with E-state index in [9.17, 15) is 14.7 Å². The van der Waals surface area contributed by atoms with Gasteiger partial charge in [0.25, 0.3) is 5.91 Å². The van der Waals surface area contributed by atoms with Gasteiger partial charge in [0.2, 0.25) is 0 Å². The lowest BCUT2D eigenvalue weighted by Gasteiger charge is -2.12. The zero-order valence-corrected chi connectivity index (χ0v) is 18.7. The molecule has 0 atom stereocenters. The molecule has 1 heterocycles. The fourth-order valence-corrected chi connectivity index (χ4v) is 3.71. The molecule has 0 bridgehead atoms. The maximum atomic E-state index is 13.5. The second kappa shape index (κ2) is 9.51. The maximum absolute atomic E-state index is 13.5. The monoisotopic (exact) mass is 501 g/mol. The van der Waals surface area contributed by atoms with Gasteiger partial charge in [-0.3, -0.25) is 4.79 Å². The van der Waals surface area contributed by atoms with Crippen molar-refractivity contribution in [3.05, 3.63) is 99.5 Å². The highest BCUT2D eigenvalue weighted by molar-refractivity contribution is 9.10. The summed E-state index contributed by atoms with van der Waals surface area (Å²) < 4.78 is 6.30. The number of aromatic carboxylic acids is 1. The largest absolute Gasteiger partial charge is 0.478 e. The lowest BCUT2D eigenvalue weighted by molar-refractivity contribution is -0.114. The molecule has 0 radical (unpaired) electrons. The van der Waals surface area contributed by atoms with Crippen molar-refractivity contribution >= 4 is 45.3 Å². The Hall–Kier alpha value is -4.22. The number of carbonyl (C=O) groups excluding carboxylic acids is 1. The van der Waals surface area contributed by atoms with E-state index in [0.717, 1.165) is 10.0 Å². The molecule has 0 spiro atoms. The number of hydrazone groups is 1. The molecular weight excluding hydrogens is 486 g/mol. The van der Waals surface area contributed by atoms with Crippen molar-refractivity contribution in [3.8, 4) is 11.8 Å². The number of anilines is 1. The van der Waals surface area contributed by atoms with Crippen LogP contribution >= 0.6 is 15.9 Å². The van der Waals surface area contributed by atoms with E-state index >= 15 is 0 Å². The second-order valence-electron chi connectivity index (χ2n) is 6.97. The molecule has 162 valence electrons. The van der Waals surface area contributed by atoms with Crippen molar-refractivity contribution in [2.75, 3.05) is 11.6 Å². The summed E-state index contributed by atoms with van der Waals surface area (Å²) in [5, 5.41) is 23.9. The van der Waals surface area contributed by atoms with Gasteiger partial charge >= 0.3 is 5.97 Å². The lowest BCUT2D eigenvalue weighted by Crippen LogP contribution is -2.21. The van der Waals surface area contributed by atoms with Crippen LogP contribution in [0.3, 0.4) is 0 Å². The van der Waals surface area contributed by atoms with Gasteiger partial charge < -0.3 is 9.84 Å². The molecule has 8 heteroatoms. The molecule has 0 saturated heterocycles. The molecule has 33 heavy (non-hydrogen) atoms. The van der Waals surface area contributed by atoms with E-state index in [1.165, 1.54) is 17.1 Å². The summed E-state index contributed by atoms with van der Waals surface area (Å²) in [6.07, 6.45) is 1.66. The van der Waals surface area contributed by atoms with Gasteiger partial charge in [0.15, 0.2) is 6.61 Å². The van der Waals surface area contributed by atoms with Gasteiger partial charge in [0, 0.05) is 15.6 Å². The smallest absolute Gasteiger partial charge is 0.335 e. The van der Waals surface area contributed by atoms with Gasteiger partial charge in [-0.15, -0.1) is 0 Å². The van der Waals surface area contributed by atoms with Gasteiger partial charge in [-0.2, -0.15) is 15.4 Å². The zero-order chi connectivity index (χ0) is 23.4. The van der Waals surface area contributed by atoms with Crippen LogP contribution in [-0.4, -0.2) is 29.3 Å². The number of carboxylic acids is 1. The Kier molecular flexibility index (Phi) is 6.33. The van der Waals surface area contributed by atoms with Crippen LogP contribution in [0.15, 0.2) is 87.9 Å². The Balaban J connectivity index is 1.84. The van der Waals surface area contributed by atoms with Crippen LogP contribution in [0.1, 0.15) is 21.5 Å². The van der Waals surface area contributed by atoms with E-state index in [1.807, 2.05) is 36.4 Å². The molecular formula is C25H16BrN3O4. The molecule has 1 aliphatic heterocycles. The number of carbonyl (C=O) groups is 2. The number of ether oxygens (including phenoxy) is 1. The molecule has 4 rings (SSSR count). The topological polar surface area (TPSA) is 103 Å². The van der Waals surface area contributed by atoms with Crippen molar-refractivity contribution in [2.24, 2.45) is 5.10 Å². The number of halogens is 1.